The van der Waals surface area contributed by atoms with E-state index in [2.05, 4.69) is 25.5 Å². The van der Waals surface area contributed by atoms with Gasteiger partial charge in [-0.1, -0.05) is 0 Å². The third-order valence-corrected chi connectivity index (χ3v) is 2.73. The van der Waals surface area contributed by atoms with Crippen LogP contribution >= 0.6 is 0 Å². The summed E-state index contributed by atoms with van der Waals surface area (Å²) in [5.74, 6) is -1.44. The van der Waals surface area contributed by atoms with Crippen molar-refractivity contribution >= 4 is 17.0 Å². The zero-order valence-electron chi connectivity index (χ0n) is 9.91. The zero-order valence-corrected chi connectivity index (χ0v) is 9.91. The lowest BCUT2D eigenvalue weighted by atomic mass is 10.1. The van der Waals surface area contributed by atoms with Gasteiger partial charge >= 0.3 is 0 Å². The van der Waals surface area contributed by atoms with Crippen LogP contribution in [0.1, 0.15) is 0 Å². The van der Waals surface area contributed by atoms with Gasteiger partial charge in [0.25, 0.3) is 0 Å². The molecule has 3 aromatic rings. The van der Waals surface area contributed by atoms with Crippen molar-refractivity contribution in [2.75, 3.05) is 12.4 Å². The Kier molecular flexibility index (Phi) is 2.59. The number of nitrogens with one attached hydrogen (secondary N) is 2. The molecule has 96 valence electrons. The Balaban J connectivity index is 2.27. The topological polar surface area (TPSA) is 66.5 Å². The van der Waals surface area contributed by atoms with E-state index < -0.39 is 11.6 Å². The highest BCUT2D eigenvalue weighted by atomic mass is 19.2. The summed E-state index contributed by atoms with van der Waals surface area (Å²) in [6, 6.07) is 3.63. The molecular formula is C12H9F2N5. The summed E-state index contributed by atoms with van der Waals surface area (Å²) >= 11 is 0. The average molecular weight is 261 g/mol. The highest BCUT2D eigenvalue weighted by Gasteiger charge is 2.12. The molecule has 1 aromatic carbocycles. The number of benzene rings is 1. The van der Waals surface area contributed by atoms with E-state index in [4.69, 9.17) is 0 Å². The summed E-state index contributed by atoms with van der Waals surface area (Å²) in [5.41, 5.74) is 1.48. The SMILES string of the molecule is CNc1nc(-c2ccc(F)c(F)c2)c2cn[nH]c2n1. The predicted molar refractivity (Wildman–Crippen MR) is 66.6 cm³/mol. The Bertz CT molecular complexity index is 753. The van der Waals surface area contributed by atoms with Gasteiger partial charge in [0.1, 0.15) is 0 Å². The third kappa shape index (κ3) is 1.88. The summed E-state index contributed by atoms with van der Waals surface area (Å²) in [4.78, 5) is 8.43. The van der Waals surface area contributed by atoms with Gasteiger partial charge in [0.2, 0.25) is 5.95 Å². The van der Waals surface area contributed by atoms with Crippen molar-refractivity contribution in [1.29, 1.82) is 0 Å². The molecule has 0 bridgehead atoms. The van der Waals surface area contributed by atoms with E-state index in [1.54, 1.807) is 13.2 Å². The summed E-state index contributed by atoms with van der Waals surface area (Å²) in [6.45, 7) is 0. The van der Waals surface area contributed by atoms with E-state index in [1.807, 2.05) is 0 Å². The highest BCUT2D eigenvalue weighted by Crippen LogP contribution is 2.27. The smallest absolute Gasteiger partial charge is 0.225 e. The van der Waals surface area contributed by atoms with Crippen LogP contribution in [-0.4, -0.2) is 27.2 Å². The summed E-state index contributed by atoms with van der Waals surface area (Å²) < 4.78 is 26.3. The van der Waals surface area contributed by atoms with Crippen LogP contribution in [0, 0.1) is 11.6 Å². The Morgan fingerprint density at radius 2 is 2.00 bits per heavy atom. The van der Waals surface area contributed by atoms with Crippen LogP contribution in [0.5, 0.6) is 0 Å². The van der Waals surface area contributed by atoms with Crippen LogP contribution in [0.3, 0.4) is 0 Å². The van der Waals surface area contributed by atoms with Crippen LogP contribution < -0.4 is 5.32 Å². The highest BCUT2D eigenvalue weighted by molar-refractivity contribution is 5.90. The normalized spacial score (nSPS) is 10.9. The average Bonchev–Trinajstić information content (AvgIpc) is 2.89. The summed E-state index contributed by atoms with van der Waals surface area (Å²) in [7, 11) is 1.67. The predicted octanol–water partition coefficient (Wildman–Crippen LogP) is 2.34. The Labute approximate surface area is 106 Å². The Hall–Kier alpha value is -2.57. The lowest BCUT2D eigenvalue weighted by Gasteiger charge is -2.05. The number of hydrogen-bond donors (Lipinski definition) is 2. The molecule has 0 saturated carbocycles. The van der Waals surface area contributed by atoms with Crippen molar-refractivity contribution in [1.82, 2.24) is 20.2 Å². The summed E-state index contributed by atoms with van der Waals surface area (Å²) in [5, 5.41) is 10.1. The molecule has 2 aromatic heterocycles. The minimum Gasteiger partial charge on any atom is -0.357 e. The maximum atomic E-state index is 13.3. The van der Waals surface area contributed by atoms with Gasteiger partial charge in [-0.25, -0.2) is 13.8 Å². The van der Waals surface area contributed by atoms with E-state index in [1.165, 1.54) is 6.07 Å². The van der Waals surface area contributed by atoms with Crippen LogP contribution in [-0.2, 0) is 0 Å². The first-order valence-electron chi connectivity index (χ1n) is 5.53. The van der Waals surface area contributed by atoms with Gasteiger partial charge in [0.15, 0.2) is 17.3 Å². The zero-order chi connectivity index (χ0) is 13.4. The maximum Gasteiger partial charge on any atom is 0.225 e. The van der Waals surface area contributed by atoms with Crippen molar-refractivity contribution in [2.24, 2.45) is 0 Å². The lowest BCUT2D eigenvalue weighted by Crippen LogP contribution is -1.99. The molecule has 0 unspecified atom stereocenters. The second kappa shape index (κ2) is 4.27. The molecule has 19 heavy (non-hydrogen) atoms. The molecule has 2 N–H and O–H groups in total. The number of hydrogen-bond acceptors (Lipinski definition) is 4. The Morgan fingerprint density at radius 1 is 1.16 bits per heavy atom. The number of H-pyrrole nitrogens is 1. The number of aromatic nitrogens is 4. The number of nitrogens with zero attached hydrogens (tertiary/aromatic N) is 3. The van der Waals surface area contributed by atoms with Gasteiger partial charge in [0, 0.05) is 12.6 Å². The monoisotopic (exact) mass is 261 g/mol. The molecule has 0 fully saturated rings. The first-order valence-corrected chi connectivity index (χ1v) is 5.53. The fourth-order valence-electron chi connectivity index (χ4n) is 1.81. The van der Waals surface area contributed by atoms with Crippen LogP contribution in [0.25, 0.3) is 22.3 Å². The van der Waals surface area contributed by atoms with E-state index in [-0.39, 0.29) is 0 Å². The molecule has 0 atom stereocenters. The minimum absolute atomic E-state index is 0.372. The third-order valence-electron chi connectivity index (χ3n) is 2.73. The summed E-state index contributed by atoms with van der Waals surface area (Å²) in [6.07, 6.45) is 1.55. The van der Waals surface area contributed by atoms with Gasteiger partial charge in [0.05, 0.1) is 17.3 Å². The number of rotatable bonds is 2. The lowest BCUT2D eigenvalue weighted by molar-refractivity contribution is 0.509. The molecule has 0 saturated heterocycles. The number of halogens is 2. The second-order valence-electron chi connectivity index (χ2n) is 3.91. The molecule has 0 aliphatic carbocycles. The maximum absolute atomic E-state index is 13.3. The fourth-order valence-corrected chi connectivity index (χ4v) is 1.81. The number of fused-ring (bicyclic) bond motifs is 1. The molecule has 0 radical (unpaired) electrons. The number of aromatic amines is 1. The quantitative estimate of drug-likeness (QED) is 0.743. The second-order valence-corrected chi connectivity index (χ2v) is 3.91. The molecule has 0 aliphatic rings. The molecule has 2 heterocycles. The standard InChI is InChI=1S/C12H9F2N5/c1-15-12-17-10(7-5-16-19-11(7)18-12)6-2-3-8(13)9(14)4-6/h2-5H,1H3,(H2,15,16,17,18,19). The molecule has 0 spiro atoms. The van der Waals surface area contributed by atoms with Crippen molar-refractivity contribution < 1.29 is 8.78 Å². The molecule has 0 aliphatic heterocycles. The van der Waals surface area contributed by atoms with Gasteiger partial charge in [-0.15, -0.1) is 0 Å². The van der Waals surface area contributed by atoms with Crippen molar-refractivity contribution in [2.45, 2.75) is 0 Å². The van der Waals surface area contributed by atoms with E-state index >= 15 is 0 Å². The van der Waals surface area contributed by atoms with Crippen LogP contribution in [0.4, 0.5) is 14.7 Å². The number of anilines is 1. The molecule has 0 amide bonds. The molecule has 5 nitrogen and oxygen atoms in total. The molecular weight excluding hydrogens is 252 g/mol. The van der Waals surface area contributed by atoms with Crippen molar-refractivity contribution in [3.63, 3.8) is 0 Å². The van der Waals surface area contributed by atoms with E-state index in [0.29, 0.717) is 28.2 Å². The largest absolute Gasteiger partial charge is 0.357 e. The van der Waals surface area contributed by atoms with Crippen molar-refractivity contribution in [3.05, 3.63) is 36.0 Å². The molecule has 7 heteroatoms. The van der Waals surface area contributed by atoms with Gasteiger partial charge in [-0.3, -0.25) is 5.10 Å². The van der Waals surface area contributed by atoms with Crippen molar-refractivity contribution in [3.8, 4) is 11.3 Å². The van der Waals surface area contributed by atoms with Gasteiger partial charge < -0.3 is 5.32 Å². The van der Waals surface area contributed by atoms with Crippen LogP contribution in [0.15, 0.2) is 24.4 Å². The van der Waals surface area contributed by atoms with E-state index in [0.717, 1.165) is 12.1 Å². The Morgan fingerprint density at radius 3 is 2.74 bits per heavy atom. The van der Waals surface area contributed by atoms with Gasteiger partial charge in [-0.05, 0) is 18.2 Å². The fraction of sp³-hybridized carbons (Fsp3) is 0.0833. The first kappa shape index (κ1) is 11.5. The minimum atomic E-state index is -0.918. The van der Waals surface area contributed by atoms with E-state index in [9.17, 15) is 8.78 Å². The molecule has 3 rings (SSSR count). The van der Waals surface area contributed by atoms with Crippen LogP contribution in [0.2, 0.25) is 0 Å². The first-order chi connectivity index (χ1) is 9.19. The van der Waals surface area contributed by atoms with Gasteiger partial charge in [-0.2, -0.15) is 10.1 Å².